The van der Waals surface area contributed by atoms with Crippen LogP contribution >= 0.6 is 22.7 Å². The summed E-state index contributed by atoms with van der Waals surface area (Å²) in [6.45, 7) is 3.86. The number of benzene rings is 1. The lowest BCUT2D eigenvalue weighted by atomic mass is 10.3. The molecule has 3 aromatic rings. The van der Waals surface area contributed by atoms with Crippen molar-refractivity contribution >= 4 is 38.8 Å². The van der Waals surface area contributed by atoms with E-state index in [-0.39, 0.29) is 5.91 Å². The second kappa shape index (κ2) is 7.74. The molecule has 1 aromatic carbocycles. The van der Waals surface area contributed by atoms with E-state index >= 15 is 0 Å². The Kier molecular flexibility index (Phi) is 5.44. The SMILES string of the molecule is CCOCCn1c(=NC(=O)c2cccs2)sc2cc(OC)ccc21. The van der Waals surface area contributed by atoms with Crippen LogP contribution in [0.1, 0.15) is 16.6 Å². The fourth-order valence-electron chi connectivity index (χ4n) is 2.32. The molecule has 3 rings (SSSR count). The van der Waals surface area contributed by atoms with Crippen molar-refractivity contribution in [2.75, 3.05) is 20.3 Å². The molecule has 0 unspecified atom stereocenters. The van der Waals surface area contributed by atoms with Crippen molar-refractivity contribution in [2.45, 2.75) is 13.5 Å². The Morgan fingerprint density at radius 3 is 2.92 bits per heavy atom. The molecule has 0 aliphatic rings. The van der Waals surface area contributed by atoms with Gasteiger partial charge in [0.2, 0.25) is 0 Å². The van der Waals surface area contributed by atoms with Crippen LogP contribution in [0.4, 0.5) is 0 Å². The van der Waals surface area contributed by atoms with Gasteiger partial charge in [0.05, 0.1) is 28.8 Å². The third-order valence-electron chi connectivity index (χ3n) is 3.48. The highest BCUT2D eigenvalue weighted by atomic mass is 32.1. The molecule has 2 aromatic heterocycles. The number of rotatable bonds is 6. The summed E-state index contributed by atoms with van der Waals surface area (Å²) in [5, 5.41) is 1.88. The molecule has 24 heavy (non-hydrogen) atoms. The molecule has 2 heterocycles. The topological polar surface area (TPSA) is 52.8 Å². The number of carbonyl (C=O) groups excluding carboxylic acids is 1. The van der Waals surface area contributed by atoms with Crippen LogP contribution in [0.3, 0.4) is 0 Å². The Bertz CT molecular complexity index is 894. The van der Waals surface area contributed by atoms with Crippen molar-refractivity contribution in [1.82, 2.24) is 4.57 Å². The van der Waals surface area contributed by atoms with Crippen molar-refractivity contribution in [2.24, 2.45) is 4.99 Å². The lowest BCUT2D eigenvalue weighted by Gasteiger charge is -2.06. The van der Waals surface area contributed by atoms with Crippen LogP contribution in [0.15, 0.2) is 40.7 Å². The number of aromatic nitrogens is 1. The van der Waals surface area contributed by atoms with Gasteiger partial charge in [-0.1, -0.05) is 17.4 Å². The lowest BCUT2D eigenvalue weighted by molar-refractivity contribution is 0.100. The summed E-state index contributed by atoms with van der Waals surface area (Å²) in [7, 11) is 1.64. The molecule has 0 atom stereocenters. The maximum atomic E-state index is 12.3. The minimum atomic E-state index is -0.214. The van der Waals surface area contributed by atoms with E-state index in [0.29, 0.717) is 29.4 Å². The number of carbonyl (C=O) groups is 1. The van der Waals surface area contributed by atoms with Crippen molar-refractivity contribution in [3.05, 3.63) is 45.4 Å². The molecule has 0 bridgehead atoms. The lowest BCUT2D eigenvalue weighted by Crippen LogP contribution is -2.19. The summed E-state index contributed by atoms with van der Waals surface area (Å²) >= 11 is 2.88. The average molecular weight is 362 g/mol. The summed E-state index contributed by atoms with van der Waals surface area (Å²) in [5.41, 5.74) is 1.03. The molecule has 5 nitrogen and oxygen atoms in total. The number of ether oxygens (including phenoxy) is 2. The van der Waals surface area contributed by atoms with Gasteiger partial charge in [-0.25, -0.2) is 0 Å². The normalized spacial score (nSPS) is 12.0. The summed E-state index contributed by atoms with van der Waals surface area (Å²) in [6.07, 6.45) is 0. The molecular weight excluding hydrogens is 344 g/mol. The van der Waals surface area contributed by atoms with Crippen LogP contribution in [-0.2, 0) is 11.3 Å². The fraction of sp³-hybridized carbons (Fsp3) is 0.294. The summed E-state index contributed by atoms with van der Waals surface area (Å²) in [6, 6.07) is 9.51. The fourth-order valence-corrected chi connectivity index (χ4v) is 4.01. The molecular formula is C17H18N2O3S2. The second-order valence-corrected chi connectivity index (χ2v) is 6.92. The number of thiophene rings is 1. The maximum absolute atomic E-state index is 12.3. The van der Waals surface area contributed by atoms with E-state index in [2.05, 4.69) is 4.99 Å². The molecule has 0 aliphatic carbocycles. The highest BCUT2D eigenvalue weighted by Gasteiger charge is 2.10. The first-order valence-electron chi connectivity index (χ1n) is 7.60. The third-order valence-corrected chi connectivity index (χ3v) is 5.38. The van der Waals surface area contributed by atoms with E-state index in [0.717, 1.165) is 16.0 Å². The van der Waals surface area contributed by atoms with E-state index in [9.17, 15) is 4.79 Å². The molecule has 7 heteroatoms. The summed E-state index contributed by atoms with van der Waals surface area (Å²) in [5.74, 6) is 0.575. The number of methoxy groups -OCH3 is 1. The third kappa shape index (κ3) is 3.58. The molecule has 0 spiro atoms. The maximum Gasteiger partial charge on any atom is 0.289 e. The Balaban J connectivity index is 2.06. The van der Waals surface area contributed by atoms with Gasteiger partial charge in [0.25, 0.3) is 5.91 Å². The summed E-state index contributed by atoms with van der Waals surface area (Å²) in [4.78, 5) is 18.0. The minimum absolute atomic E-state index is 0.214. The Morgan fingerprint density at radius 1 is 1.33 bits per heavy atom. The standard InChI is InChI=1S/C17H18N2O3S2/c1-3-22-9-8-19-13-7-6-12(21-2)11-15(13)24-17(19)18-16(20)14-5-4-10-23-14/h4-7,10-11H,3,8-9H2,1-2H3. The molecule has 1 amide bonds. The predicted octanol–water partition coefficient (Wildman–Crippen LogP) is 3.55. The van der Waals surface area contributed by atoms with Crippen molar-refractivity contribution in [1.29, 1.82) is 0 Å². The van der Waals surface area contributed by atoms with Gasteiger partial charge in [-0.05, 0) is 36.6 Å². The number of fused-ring (bicyclic) bond motifs is 1. The number of hydrogen-bond donors (Lipinski definition) is 0. The number of nitrogens with zero attached hydrogens (tertiary/aromatic N) is 2. The predicted molar refractivity (Wildman–Crippen MR) is 97.1 cm³/mol. The van der Waals surface area contributed by atoms with E-state index in [1.165, 1.54) is 22.7 Å². The molecule has 0 saturated carbocycles. The van der Waals surface area contributed by atoms with Crippen molar-refractivity contribution in [3.63, 3.8) is 0 Å². The molecule has 0 N–H and O–H groups in total. The Labute approximate surface area is 147 Å². The van der Waals surface area contributed by atoms with Crippen LogP contribution in [0.5, 0.6) is 5.75 Å². The first-order valence-corrected chi connectivity index (χ1v) is 9.30. The molecule has 0 fully saturated rings. The zero-order valence-corrected chi connectivity index (χ0v) is 15.2. The largest absolute Gasteiger partial charge is 0.497 e. The molecule has 0 saturated heterocycles. The average Bonchev–Trinajstić information content (AvgIpc) is 3.23. The summed E-state index contributed by atoms with van der Waals surface area (Å²) < 4.78 is 13.8. The highest BCUT2D eigenvalue weighted by molar-refractivity contribution is 7.16. The zero-order chi connectivity index (χ0) is 16.9. The van der Waals surface area contributed by atoms with E-state index < -0.39 is 0 Å². The van der Waals surface area contributed by atoms with Gasteiger partial charge in [-0.15, -0.1) is 11.3 Å². The first-order chi connectivity index (χ1) is 11.7. The van der Waals surface area contributed by atoms with Gasteiger partial charge in [-0.3, -0.25) is 4.79 Å². The van der Waals surface area contributed by atoms with Crippen LogP contribution in [-0.4, -0.2) is 30.8 Å². The van der Waals surface area contributed by atoms with E-state index in [1.807, 2.05) is 41.1 Å². The Morgan fingerprint density at radius 2 is 2.21 bits per heavy atom. The van der Waals surface area contributed by atoms with Gasteiger partial charge in [0, 0.05) is 13.2 Å². The van der Waals surface area contributed by atoms with Gasteiger partial charge < -0.3 is 14.0 Å². The molecule has 0 aliphatic heterocycles. The second-order valence-electron chi connectivity index (χ2n) is 4.96. The quantitative estimate of drug-likeness (QED) is 0.630. The van der Waals surface area contributed by atoms with Gasteiger partial charge in [0.15, 0.2) is 4.80 Å². The van der Waals surface area contributed by atoms with Crippen LogP contribution < -0.4 is 9.54 Å². The molecule has 0 radical (unpaired) electrons. The van der Waals surface area contributed by atoms with Crippen molar-refractivity contribution < 1.29 is 14.3 Å². The molecule has 126 valence electrons. The van der Waals surface area contributed by atoms with E-state index in [4.69, 9.17) is 9.47 Å². The zero-order valence-electron chi connectivity index (χ0n) is 13.5. The van der Waals surface area contributed by atoms with Crippen LogP contribution in [0, 0.1) is 0 Å². The monoisotopic (exact) mass is 362 g/mol. The minimum Gasteiger partial charge on any atom is -0.497 e. The number of thiazole rings is 1. The Hall–Kier alpha value is -1.96. The van der Waals surface area contributed by atoms with Gasteiger partial charge >= 0.3 is 0 Å². The van der Waals surface area contributed by atoms with E-state index in [1.54, 1.807) is 13.2 Å². The van der Waals surface area contributed by atoms with Gasteiger partial charge in [-0.2, -0.15) is 4.99 Å². The highest BCUT2D eigenvalue weighted by Crippen LogP contribution is 2.23. The van der Waals surface area contributed by atoms with Crippen molar-refractivity contribution in [3.8, 4) is 5.75 Å². The van der Waals surface area contributed by atoms with Crippen LogP contribution in [0.25, 0.3) is 10.2 Å². The van der Waals surface area contributed by atoms with Gasteiger partial charge in [0.1, 0.15) is 5.75 Å². The first kappa shape index (κ1) is 16.9. The number of amides is 1. The van der Waals surface area contributed by atoms with Crippen LogP contribution in [0.2, 0.25) is 0 Å². The smallest absolute Gasteiger partial charge is 0.289 e. The number of hydrogen-bond acceptors (Lipinski definition) is 5.